The Morgan fingerprint density at radius 1 is 0.659 bits per heavy atom. The van der Waals surface area contributed by atoms with E-state index >= 15 is 4.39 Å². The van der Waals surface area contributed by atoms with E-state index in [0.717, 1.165) is 36.2 Å². The average molecular weight is 603 g/mol. The first-order chi connectivity index (χ1) is 21.5. The van der Waals surface area contributed by atoms with Crippen molar-refractivity contribution in [1.29, 1.82) is 0 Å². The molecule has 44 heavy (non-hydrogen) atoms. The summed E-state index contributed by atoms with van der Waals surface area (Å²) in [4.78, 5) is 0. The first kappa shape index (κ1) is 32.4. The lowest BCUT2D eigenvalue weighted by Gasteiger charge is -2.35. The lowest BCUT2D eigenvalue weighted by atomic mass is 9.70. The van der Waals surface area contributed by atoms with Gasteiger partial charge in [-0.25, -0.2) is 8.78 Å². The van der Waals surface area contributed by atoms with Crippen molar-refractivity contribution in [1.82, 2.24) is 0 Å². The molecule has 1 fully saturated rings. The average Bonchev–Trinajstić information content (AvgIpc) is 3.06. The standard InChI is InChI=1S/C40H49F3O/c1-3-5-6-7-8-9-28-10-12-29(13-11-28)30-14-16-31(17-15-30)34-22-23-35(37(41)27-34)32-18-20-33(21-19-32)36-24-25-38(44-26-4-2)40(43)39(36)42/h16,18-25,27-30H,3-15,17,26H2,1-2H3. The van der Waals surface area contributed by atoms with Crippen molar-refractivity contribution in [2.75, 3.05) is 6.61 Å². The van der Waals surface area contributed by atoms with Gasteiger partial charge < -0.3 is 4.74 Å². The van der Waals surface area contributed by atoms with Crippen LogP contribution in [0.5, 0.6) is 5.75 Å². The largest absolute Gasteiger partial charge is 0.490 e. The van der Waals surface area contributed by atoms with E-state index in [4.69, 9.17) is 4.74 Å². The number of hydrogen-bond donors (Lipinski definition) is 0. The topological polar surface area (TPSA) is 9.23 Å². The summed E-state index contributed by atoms with van der Waals surface area (Å²) in [5, 5.41) is 0. The van der Waals surface area contributed by atoms with Crippen molar-refractivity contribution in [3.63, 3.8) is 0 Å². The van der Waals surface area contributed by atoms with Crippen LogP contribution in [0.25, 0.3) is 27.8 Å². The highest BCUT2D eigenvalue weighted by Crippen LogP contribution is 2.42. The maximum atomic E-state index is 15.4. The molecule has 0 spiro atoms. The molecule has 0 saturated heterocycles. The van der Waals surface area contributed by atoms with Crippen molar-refractivity contribution >= 4 is 5.57 Å². The fourth-order valence-corrected chi connectivity index (χ4v) is 7.39. The molecule has 0 aliphatic heterocycles. The number of hydrogen-bond acceptors (Lipinski definition) is 1. The molecular formula is C40H49F3O. The summed E-state index contributed by atoms with van der Waals surface area (Å²) in [5.41, 5.74) is 4.12. The van der Waals surface area contributed by atoms with Gasteiger partial charge in [-0.2, -0.15) is 4.39 Å². The molecule has 1 nitrogen and oxygen atoms in total. The zero-order chi connectivity index (χ0) is 30.9. The van der Waals surface area contributed by atoms with Crippen LogP contribution in [-0.2, 0) is 0 Å². The maximum absolute atomic E-state index is 15.4. The van der Waals surface area contributed by atoms with E-state index in [1.807, 2.05) is 19.1 Å². The minimum Gasteiger partial charge on any atom is -0.490 e. The van der Waals surface area contributed by atoms with Crippen LogP contribution in [0.2, 0.25) is 0 Å². The van der Waals surface area contributed by atoms with E-state index in [9.17, 15) is 8.78 Å². The van der Waals surface area contributed by atoms with E-state index in [-0.39, 0.29) is 17.1 Å². The summed E-state index contributed by atoms with van der Waals surface area (Å²) in [6, 6.07) is 15.4. The second-order valence-electron chi connectivity index (χ2n) is 13.1. The number of halogens is 3. The number of benzene rings is 3. The van der Waals surface area contributed by atoms with Gasteiger partial charge in [0.25, 0.3) is 0 Å². The van der Waals surface area contributed by atoms with Crippen molar-refractivity contribution in [2.45, 2.75) is 104 Å². The number of ether oxygens (including phenoxy) is 1. The number of unbranched alkanes of at least 4 members (excludes halogenated alkanes) is 4. The SMILES string of the molecule is CCCCCCCC1CCC(C2CC=C(c3ccc(-c4ccc(-c5ccc(OCCC)c(F)c5F)cc4)c(F)c3)CC2)CC1. The minimum atomic E-state index is -0.985. The van der Waals surface area contributed by atoms with Crippen LogP contribution in [0, 0.1) is 35.2 Å². The van der Waals surface area contributed by atoms with E-state index in [2.05, 4.69) is 13.0 Å². The van der Waals surface area contributed by atoms with Crippen LogP contribution < -0.4 is 4.74 Å². The third kappa shape index (κ3) is 7.98. The molecule has 0 bridgehead atoms. The van der Waals surface area contributed by atoms with Crippen molar-refractivity contribution in [3.8, 4) is 28.0 Å². The van der Waals surface area contributed by atoms with Gasteiger partial charge in [-0.3, -0.25) is 0 Å². The Balaban J connectivity index is 1.16. The highest BCUT2D eigenvalue weighted by Gasteiger charge is 2.29. The van der Waals surface area contributed by atoms with Crippen molar-refractivity contribution in [3.05, 3.63) is 83.7 Å². The van der Waals surface area contributed by atoms with Crippen LogP contribution in [0.1, 0.15) is 109 Å². The summed E-state index contributed by atoms with van der Waals surface area (Å²) in [7, 11) is 0. The summed E-state index contributed by atoms with van der Waals surface area (Å²) in [6.07, 6.45) is 20.3. The third-order valence-electron chi connectivity index (χ3n) is 10.1. The molecule has 0 aromatic heterocycles. The van der Waals surface area contributed by atoms with Gasteiger partial charge in [0, 0.05) is 11.1 Å². The normalized spacial score (nSPS) is 20.4. The fourth-order valence-electron chi connectivity index (χ4n) is 7.39. The molecule has 236 valence electrons. The van der Waals surface area contributed by atoms with Gasteiger partial charge in [0.2, 0.25) is 5.82 Å². The smallest absolute Gasteiger partial charge is 0.201 e. The Labute approximate surface area is 262 Å². The second-order valence-corrected chi connectivity index (χ2v) is 13.1. The van der Waals surface area contributed by atoms with E-state index in [1.54, 1.807) is 30.3 Å². The monoisotopic (exact) mass is 602 g/mol. The number of allylic oxidation sites excluding steroid dienone is 2. The Morgan fingerprint density at radius 2 is 1.34 bits per heavy atom. The zero-order valence-corrected chi connectivity index (χ0v) is 26.7. The van der Waals surface area contributed by atoms with E-state index in [1.165, 1.54) is 88.3 Å². The first-order valence-electron chi connectivity index (χ1n) is 17.2. The molecule has 2 aliphatic carbocycles. The summed E-state index contributed by atoms with van der Waals surface area (Å²) in [6.45, 7) is 4.51. The molecule has 3 aromatic carbocycles. The Hall–Kier alpha value is -3.01. The van der Waals surface area contributed by atoms with Crippen molar-refractivity contribution < 1.29 is 17.9 Å². The van der Waals surface area contributed by atoms with Gasteiger partial charge in [0.15, 0.2) is 11.6 Å². The molecule has 5 rings (SSSR count). The van der Waals surface area contributed by atoms with Crippen molar-refractivity contribution in [2.24, 2.45) is 17.8 Å². The third-order valence-corrected chi connectivity index (χ3v) is 10.1. The molecule has 1 saturated carbocycles. The van der Waals surface area contributed by atoms with Crippen LogP contribution in [0.15, 0.2) is 60.7 Å². The zero-order valence-electron chi connectivity index (χ0n) is 26.7. The van der Waals surface area contributed by atoms with Crippen LogP contribution >= 0.6 is 0 Å². The van der Waals surface area contributed by atoms with Gasteiger partial charge in [-0.1, -0.05) is 108 Å². The highest BCUT2D eigenvalue weighted by molar-refractivity contribution is 5.74. The molecule has 1 unspecified atom stereocenters. The lowest BCUT2D eigenvalue weighted by Crippen LogP contribution is -2.23. The van der Waals surface area contributed by atoms with Gasteiger partial charge >= 0.3 is 0 Å². The predicted octanol–water partition coefficient (Wildman–Crippen LogP) is 12.6. The summed E-state index contributed by atoms with van der Waals surface area (Å²) < 4.78 is 50.0. The molecule has 0 amide bonds. The van der Waals surface area contributed by atoms with Gasteiger partial charge in [0.05, 0.1) is 6.61 Å². The molecule has 2 aliphatic rings. The second kappa shape index (κ2) is 15.8. The molecule has 1 atom stereocenters. The molecular weight excluding hydrogens is 553 g/mol. The van der Waals surface area contributed by atoms with Gasteiger partial charge in [-0.05, 0) is 96.7 Å². The van der Waals surface area contributed by atoms with Crippen LogP contribution in [0.3, 0.4) is 0 Å². The highest BCUT2D eigenvalue weighted by atomic mass is 19.2. The van der Waals surface area contributed by atoms with Crippen LogP contribution in [-0.4, -0.2) is 6.61 Å². The Morgan fingerprint density at radius 3 is 2.00 bits per heavy atom. The molecule has 0 heterocycles. The van der Waals surface area contributed by atoms with E-state index < -0.39 is 11.6 Å². The van der Waals surface area contributed by atoms with Gasteiger partial charge in [0.1, 0.15) is 5.82 Å². The molecule has 0 radical (unpaired) electrons. The van der Waals surface area contributed by atoms with Crippen LogP contribution in [0.4, 0.5) is 13.2 Å². The molecule has 4 heteroatoms. The number of rotatable bonds is 13. The Kier molecular flexibility index (Phi) is 11.6. The van der Waals surface area contributed by atoms with E-state index in [0.29, 0.717) is 29.7 Å². The quantitative estimate of drug-likeness (QED) is 0.177. The predicted molar refractivity (Wildman–Crippen MR) is 177 cm³/mol. The fraction of sp³-hybridized carbons (Fsp3) is 0.500. The summed E-state index contributed by atoms with van der Waals surface area (Å²) >= 11 is 0. The van der Waals surface area contributed by atoms with Gasteiger partial charge in [-0.15, -0.1) is 0 Å². The Bertz CT molecular complexity index is 1380. The molecule has 0 N–H and O–H groups in total. The maximum Gasteiger partial charge on any atom is 0.201 e. The summed E-state index contributed by atoms with van der Waals surface area (Å²) in [5.74, 6) is 0.296. The molecule has 3 aromatic rings. The first-order valence-corrected chi connectivity index (χ1v) is 17.2. The minimum absolute atomic E-state index is 0.0820. The lowest BCUT2D eigenvalue weighted by molar-refractivity contribution is 0.187.